The Bertz CT molecular complexity index is 851. The molecule has 1 aliphatic rings. The van der Waals surface area contributed by atoms with E-state index in [1.54, 1.807) is 18.2 Å². The molecule has 136 valence electrons. The third kappa shape index (κ3) is 3.88. The zero-order chi connectivity index (χ0) is 18.7. The van der Waals surface area contributed by atoms with Gasteiger partial charge in [-0.25, -0.2) is 9.18 Å². The molecule has 1 saturated heterocycles. The summed E-state index contributed by atoms with van der Waals surface area (Å²) < 4.78 is 19.4. The summed E-state index contributed by atoms with van der Waals surface area (Å²) in [5, 5.41) is 2.74. The maximum atomic E-state index is 14.0. The molecule has 0 saturated carbocycles. The van der Waals surface area contributed by atoms with E-state index in [-0.39, 0.29) is 5.56 Å². The Labute approximate surface area is 159 Å². The number of nitrogens with one attached hydrogen (secondary N) is 1. The van der Waals surface area contributed by atoms with Gasteiger partial charge < -0.3 is 15.0 Å². The lowest BCUT2D eigenvalue weighted by Crippen LogP contribution is -2.22. The zero-order valence-corrected chi connectivity index (χ0v) is 15.8. The molecule has 0 spiro atoms. The maximum absolute atomic E-state index is 14.0. The average Bonchev–Trinajstić information content (AvgIpc) is 3.17. The molecular formula is C19H18BrFN2O3. The van der Waals surface area contributed by atoms with E-state index >= 15 is 0 Å². The summed E-state index contributed by atoms with van der Waals surface area (Å²) in [6, 6.07) is 9.18. The molecule has 1 fully saturated rings. The van der Waals surface area contributed by atoms with Crippen molar-refractivity contribution in [2.24, 2.45) is 0 Å². The molecule has 1 heterocycles. The second-order valence-corrected chi connectivity index (χ2v) is 6.91. The number of hydrogen-bond acceptors (Lipinski definition) is 4. The van der Waals surface area contributed by atoms with Crippen LogP contribution in [0.4, 0.5) is 15.8 Å². The van der Waals surface area contributed by atoms with Gasteiger partial charge >= 0.3 is 5.97 Å². The monoisotopic (exact) mass is 420 g/mol. The van der Waals surface area contributed by atoms with E-state index in [0.29, 0.717) is 15.7 Å². The van der Waals surface area contributed by atoms with E-state index in [1.807, 2.05) is 0 Å². The lowest BCUT2D eigenvalue weighted by atomic mass is 10.1. The van der Waals surface area contributed by atoms with E-state index in [0.717, 1.165) is 31.6 Å². The summed E-state index contributed by atoms with van der Waals surface area (Å²) in [6.07, 6.45) is 2.12. The summed E-state index contributed by atoms with van der Waals surface area (Å²) in [4.78, 5) is 26.6. The number of rotatable bonds is 4. The zero-order valence-electron chi connectivity index (χ0n) is 14.2. The number of methoxy groups -OCH3 is 1. The van der Waals surface area contributed by atoms with Gasteiger partial charge in [0.05, 0.1) is 29.6 Å². The van der Waals surface area contributed by atoms with Crippen LogP contribution in [0.5, 0.6) is 0 Å². The van der Waals surface area contributed by atoms with Crippen LogP contribution in [0.1, 0.15) is 33.6 Å². The number of halogens is 2. The van der Waals surface area contributed by atoms with Crippen LogP contribution < -0.4 is 10.2 Å². The second kappa shape index (κ2) is 7.86. The van der Waals surface area contributed by atoms with Crippen LogP contribution in [0.25, 0.3) is 0 Å². The fourth-order valence-corrected chi connectivity index (χ4v) is 3.34. The number of carbonyl (C=O) groups excluding carboxylic acids is 2. The third-order valence-electron chi connectivity index (χ3n) is 4.29. The lowest BCUT2D eigenvalue weighted by molar-refractivity contribution is 0.0600. The Morgan fingerprint density at radius 3 is 2.58 bits per heavy atom. The smallest absolute Gasteiger partial charge is 0.337 e. The standard InChI is InChI=1S/C19H18BrFN2O3/c1-26-19(25)12-4-7-17(23-8-2-3-9-23)16(10-12)22-18(24)14-11-13(20)5-6-15(14)21/h4-7,10-11H,2-3,8-9H2,1H3,(H,22,24). The molecule has 0 aliphatic carbocycles. The van der Waals surface area contributed by atoms with Crippen LogP contribution >= 0.6 is 15.9 Å². The van der Waals surface area contributed by atoms with Gasteiger partial charge in [-0.2, -0.15) is 0 Å². The first kappa shape index (κ1) is 18.4. The molecular weight excluding hydrogens is 403 g/mol. The molecule has 0 unspecified atom stereocenters. The topological polar surface area (TPSA) is 58.6 Å². The Morgan fingerprint density at radius 1 is 1.15 bits per heavy atom. The van der Waals surface area contributed by atoms with Crippen LogP contribution in [0, 0.1) is 5.82 Å². The number of amides is 1. The van der Waals surface area contributed by atoms with Crippen LogP contribution in [0.2, 0.25) is 0 Å². The normalized spacial score (nSPS) is 13.6. The molecule has 0 aromatic heterocycles. The minimum atomic E-state index is -0.613. The molecule has 2 aromatic rings. The second-order valence-electron chi connectivity index (χ2n) is 6.00. The largest absolute Gasteiger partial charge is 0.465 e. The van der Waals surface area contributed by atoms with E-state index < -0.39 is 17.7 Å². The summed E-state index contributed by atoms with van der Waals surface area (Å²) >= 11 is 3.24. The van der Waals surface area contributed by atoms with Crippen LogP contribution in [0.15, 0.2) is 40.9 Å². The summed E-state index contributed by atoms with van der Waals surface area (Å²) in [7, 11) is 1.30. The Hall–Kier alpha value is -2.41. The van der Waals surface area contributed by atoms with Gasteiger partial charge in [0, 0.05) is 17.6 Å². The predicted octanol–water partition coefficient (Wildman–Crippen LogP) is 4.23. The number of carbonyl (C=O) groups is 2. The van der Waals surface area contributed by atoms with E-state index in [4.69, 9.17) is 4.74 Å². The Balaban J connectivity index is 1.96. The SMILES string of the molecule is COC(=O)c1ccc(N2CCCC2)c(NC(=O)c2cc(Br)ccc2F)c1. The molecule has 7 heteroatoms. The first-order valence-corrected chi connectivity index (χ1v) is 9.02. The maximum Gasteiger partial charge on any atom is 0.337 e. The average molecular weight is 421 g/mol. The first-order chi connectivity index (χ1) is 12.5. The highest BCUT2D eigenvalue weighted by Crippen LogP contribution is 2.31. The molecule has 26 heavy (non-hydrogen) atoms. The van der Waals surface area contributed by atoms with Gasteiger partial charge in [0.25, 0.3) is 5.91 Å². The highest BCUT2D eigenvalue weighted by atomic mass is 79.9. The summed E-state index contributed by atoms with van der Waals surface area (Å²) in [6.45, 7) is 1.73. The van der Waals surface area contributed by atoms with Crippen molar-refractivity contribution < 1.29 is 18.7 Å². The quantitative estimate of drug-likeness (QED) is 0.751. The number of anilines is 2. The first-order valence-electron chi connectivity index (χ1n) is 8.23. The fraction of sp³-hybridized carbons (Fsp3) is 0.263. The molecule has 0 atom stereocenters. The molecule has 5 nitrogen and oxygen atoms in total. The Kier molecular flexibility index (Phi) is 5.56. The summed E-state index contributed by atoms with van der Waals surface area (Å²) in [5.74, 6) is -1.69. The van der Waals surface area contributed by atoms with Crippen molar-refractivity contribution >= 4 is 39.2 Å². The lowest BCUT2D eigenvalue weighted by Gasteiger charge is -2.22. The number of ether oxygens (including phenoxy) is 1. The molecule has 2 aromatic carbocycles. The number of nitrogens with zero attached hydrogens (tertiary/aromatic N) is 1. The van der Waals surface area contributed by atoms with Crippen molar-refractivity contribution in [1.82, 2.24) is 0 Å². The van der Waals surface area contributed by atoms with Crippen LogP contribution in [-0.2, 0) is 4.74 Å². The van der Waals surface area contributed by atoms with Gasteiger partial charge in [0.15, 0.2) is 0 Å². The molecule has 1 N–H and O–H groups in total. The van der Waals surface area contributed by atoms with Crippen molar-refractivity contribution in [3.05, 3.63) is 57.8 Å². The summed E-state index contributed by atoms with van der Waals surface area (Å²) in [5.41, 5.74) is 1.51. The highest BCUT2D eigenvalue weighted by molar-refractivity contribution is 9.10. The van der Waals surface area contributed by atoms with Crippen LogP contribution in [0.3, 0.4) is 0 Å². The molecule has 0 radical (unpaired) electrons. The van der Waals surface area contributed by atoms with Crippen molar-refractivity contribution in [1.29, 1.82) is 0 Å². The van der Waals surface area contributed by atoms with Crippen LogP contribution in [-0.4, -0.2) is 32.1 Å². The van der Waals surface area contributed by atoms with Gasteiger partial charge in [-0.05, 0) is 49.2 Å². The molecule has 1 amide bonds. The van der Waals surface area contributed by atoms with Gasteiger partial charge in [0.1, 0.15) is 5.82 Å². The van der Waals surface area contributed by atoms with E-state index in [2.05, 4.69) is 26.1 Å². The van der Waals surface area contributed by atoms with E-state index in [9.17, 15) is 14.0 Å². The molecule has 3 rings (SSSR count). The van der Waals surface area contributed by atoms with Gasteiger partial charge in [-0.15, -0.1) is 0 Å². The fourth-order valence-electron chi connectivity index (χ4n) is 2.98. The highest BCUT2D eigenvalue weighted by Gasteiger charge is 2.20. The van der Waals surface area contributed by atoms with Crippen molar-refractivity contribution in [2.45, 2.75) is 12.8 Å². The third-order valence-corrected chi connectivity index (χ3v) is 4.78. The van der Waals surface area contributed by atoms with Gasteiger partial charge in [0.2, 0.25) is 0 Å². The number of hydrogen-bond donors (Lipinski definition) is 1. The predicted molar refractivity (Wildman–Crippen MR) is 101 cm³/mol. The molecule has 0 bridgehead atoms. The number of esters is 1. The van der Waals surface area contributed by atoms with Crippen molar-refractivity contribution in [3.8, 4) is 0 Å². The van der Waals surface area contributed by atoms with Gasteiger partial charge in [-0.3, -0.25) is 4.79 Å². The minimum absolute atomic E-state index is 0.0739. The van der Waals surface area contributed by atoms with E-state index in [1.165, 1.54) is 25.3 Å². The minimum Gasteiger partial charge on any atom is -0.465 e. The van der Waals surface area contributed by atoms with Gasteiger partial charge in [-0.1, -0.05) is 15.9 Å². The number of benzene rings is 2. The Morgan fingerprint density at radius 2 is 1.88 bits per heavy atom. The van der Waals surface area contributed by atoms with Crippen molar-refractivity contribution in [2.75, 3.05) is 30.4 Å². The molecule has 1 aliphatic heterocycles. The van der Waals surface area contributed by atoms with Crippen molar-refractivity contribution in [3.63, 3.8) is 0 Å².